The smallest absolute Gasteiger partial charge is 0.223 e. The molecule has 0 bridgehead atoms. The first kappa shape index (κ1) is 27.0. The van der Waals surface area contributed by atoms with Crippen LogP contribution in [0.2, 0.25) is 5.02 Å². The molecule has 36 heavy (non-hydrogen) atoms. The number of carbonyl (C=O) groups excluding carboxylic acids is 1. The zero-order valence-electron chi connectivity index (χ0n) is 22.4. The molecule has 0 aliphatic carbocycles. The summed E-state index contributed by atoms with van der Waals surface area (Å²) in [7, 11) is 2.12. The molecule has 1 aromatic heterocycles. The van der Waals surface area contributed by atoms with Gasteiger partial charge in [-0.3, -0.25) is 14.4 Å². The molecule has 4 rings (SSSR count). The van der Waals surface area contributed by atoms with Crippen LogP contribution in [0, 0.1) is 19.3 Å². The van der Waals surface area contributed by atoms with E-state index in [1.54, 1.807) is 0 Å². The molecular weight excluding hydrogens is 474 g/mol. The molecule has 0 N–H and O–H groups in total. The zero-order chi connectivity index (χ0) is 25.7. The van der Waals surface area contributed by atoms with Crippen molar-refractivity contribution in [3.05, 3.63) is 46.2 Å². The minimum Gasteiger partial charge on any atom is -0.493 e. The van der Waals surface area contributed by atoms with Crippen molar-refractivity contribution in [1.82, 2.24) is 24.5 Å². The van der Waals surface area contributed by atoms with E-state index >= 15 is 0 Å². The number of piperazine rings is 1. The molecule has 2 aliphatic rings. The number of aromatic nitrogens is 2. The Morgan fingerprint density at radius 1 is 1.17 bits per heavy atom. The van der Waals surface area contributed by atoms with E-state index in [1.165, 1.54) is 11.3 Å². The number of hydrogen-bond donors (Lipinski definition) is 0. The van der Waals surface area contributed by atoms with Gasteiger partial charge in [0.1, 0.15) is 5.75 Å². The first-order valence-electron chi connectivity index (χ1n) is 13.4. The van der Waals surface area contributed by atoms with Gasteiger partial charge in [0.05, 0.1) is 12.8 Å². The number of likely N-dealkylation sites (tertiary alicyclic amines) is 1. The third-order valence-electron chi connectivity index (χ3n) is 7.83. The first-order chi connectivity index (χ1) is 17.3. The number of carbonyl (C=O) groups is 1. The molecule has 0 radical (unpaired) electrons. The van der Waals surface area contributed by atoms with Crippen LogP contribution in [0.25, 0.3) is 0 Å². The fourth-order valence-corrected chi connectivity index (χ4v) is 5.63. The number of likely N-dealkylation sites (N-methyl/N-ethyl adjacent to an activating group) is 1. The molecule has 2 fully saturated rings. The van der Waals surface area contributed by atoms with Crippen LogP contribution in [0.3, 0.4) is 0 Å². The Labute approximate surface area is 221 Å². The zero-order valence-corrected chi connectivity index (χ0v) is 23.2. The summed E-state index contributed by atoms with van der Waals surface area (Å²) in [5.74, 6) is 1.07. The highest BCUT2D eigenvalue weighted by Gasteiger charge is 2.40. The number of hydrogen-bond acceptors (Lipinski definition) is 5. The fraction of sp³-hybridized carbons (Fsp3) is 0.643. The Balaban J connectivity index is 1.49. The Morgan fingerprint density at radius 2 is 1.94 bits per heavy atom. The molecule has 8 heteroatoms. The highest BCUT2D eigenvalue weighted by molar-refractivity contribution is 6.31. The minimum absolute atomic E-state index is 0.223. The number of piperidine rings is 1. The summed E-state index contributed by atoms with van der Waals surface area (Å²) in [6, 6.07) is 5.81. The standard InChI is InChI=1S/C28H42ClN5O2/c1-5-10-34-23(3)24(18-30-34)19-32-11-6-9-28(20-32,17-27(35)33-14-12-31(4)13-15-33)21-36-25-7-8-26(29)22(2)16-25/h7-8,16,18H,5-6,9-15,17,19-21H2,1-4H3/t28-/m0/s1. The van der Waals surface area contributed by atoms with E-state index in [2.05, 4.69) is 40.5 Å². The first-order valence-corrected chi connectivity index (χ1v) is 13.8. The van der Waals surface area contributed by atoms with Gasteiger partial charge in [0, 0.05) is 73.9 Å². The van der Waals surface area contributed by atoms with E-state index in [9.17, 15) is 4.79 Å². The van der Waals surface area contributed by atoms with Crippen molar-refractivity contribution in [3.8, 4) is 5.75 Å². The average Bonchev–Trinajstić information content (AvgIpc) is 3.19. The summed E-state index contributed by atoms with van der Waals surface area (Å²) in [5.41, 5.74) is 3.30. The summed E-state index contributed by atoms with van der Waals surface area (Å²) in [5, 5.41) is 5.34. The molecule has 7 nitrogen and oxygen atoms in total. The van der Waals surface area contributed by atoms with Crippen molar-refractivity contribution in [2.75, 3.05) is 52.9 Å². The maximum absolute atomic E-state index is 13.5. The molecule has 0 unspecified atom stereocenters. The maximum atomic E-state index is 13.5. The lowest BCUT2D eigenvalue weighted by molar-refractivity contribution is -0.137. The van der Waals surface area contributed by atoms with Gasteiger partial charge < -0.3 is 14.5 Å². The van der Waals surface area contributed by atoms with Crippen LogP contribution in [-0.4, -0.2) is 83.3 Å². The average molecular weight is 516 g/mol. The molecule has 0 saturated carbocycles. The maximum Gasteiger partial charge on any atom is 0.223 e. The fourth-order valence-electron chi connectivity index (χ4n) is 5.51. The molecule has 2 saturated heterocycles. The van der Waals surface area contributed by atoms with Gasteiger partial charge >= 0.3 is 0 Å². The van der Waals surface area contributed by atoms with Crippen molar-refractivity contribution in [1.29, 1.82) is 0 Å². The highest BCUT2D eigenvalue weighted by atomic mass is 35.5. The van der Waals surface area contributed by atoms with Crippen molar-refractivity contribution >= 4 is 17.5 Å². The lowest BCUT2D eigenvalue weighted by atomic mass is 9.77. The Bertz CT molecular complexity index is 1030. The van der Waals surface area contributed by atoms with Gasteiger partial charge in [-0.05, 0) is 70.5 Å². The van der Waals surface area contributed by atoms with Crippen LogP contribution in [-0.2, 0) is 17.9 Å². The molecular formula is C28H42ClN5O2. The van der Waals surface area contributed by atoms with Gasteiger partial charge in [-0.1, -0.05) is 18.5 Å². The number of amides is 1. The molecule has 1 aromatic carbocycles. The number of nitrogens with zero attached hydrogens (tertiary/aromatic N) is 5. The quantitative estimate of drug-likeness (QED) is 0.496. The van der Waals surface area contributed by atoms with E-state index in [1.807, 2.05) is 36.2 Å². The summed E-state index contributed by atoms with van der Waals surface area (Å²) in [6.45, 7) is 14.0. The topological polar surface area (TPSA) is 53.8 Å². The van der Waals surface area contributed by atoms with Gasteiger partial charge in [0.25, 0.3) is 0 Å². The molecule has 2 aromatic rings. The van der Waals surface area contributed by atoms with Crippen LogP contribution in [0.15, 0.2) is 24.4 Å². The monoisotopic (exact) mass is 515 g/mol. The number of ether oxygens (including phenoxy) is 1. The predicted molar refractivity (Wildman–Crippen MR) is 145 cm³/mol. The highest BCUT2D eigenvalue weighted by Crippen LogP contribution is 2.36. The van der Waals surface area contributed by atoms with E-state index < -0.39 is 0 Å². The molecule has 2 aliphatic heterocycles. The van der Waals surface area contributed by atoms with Gasteiger partial charge in [0.15, 0.2) is 0 Å². The van der Waals surface area contributed by atoms with Gasteiger partial charge in [0.2, 0.25) is 5.91 Å². The van der Waals surface area contributed by atoms with Crippen molar-refractivity contribution in [2.45, 2.75) is 59.5 Å². The van der Waals surface area contributed by atoms with E-state index in [0.29, 0.717) is 13.0 Å². The Kier molecular flexibility index (Phi) is 8.96. The second-order valence-electron chi connectivity index (χ2n) is 10.9. The third kappa shape index (κ3) is 6.61. The van der Waals surface area contributed by atoms with Crippen LogP contribution >= 0.6 is 11.6 Å². The lowest BCUT2D eigenvalue weighted by Gasteiger charge is -2.43. The summed E-state index contributed by atoms with van der Waals surface area (Å²) >= 11 is 6.23. The molecule has 1 atom stereocenters. The third-order valence-corrected chi connectivity index (χ3v) is 8.26. The summed E-state index contributed by atoms with van der Waals surface area (Å²) in [6.07, 6.45) is 5.66. The van der Waals surface area contributed by atoms with Gasteiger partial charge in [-0.2, -0.15) is 5.10 Å². The van der Waals surface area contributed by atoms with Crippen LogP contribution in [0.1, 0.15) is 49.4 Å². The second-order valence-corrected chi connectivity index (χ2v) is 11.3. The number of benzene rings is 1. The van der Waals surface area contributed by atoms with Gasteiger partial charge in [-0.25, -0.2) is 0 Å². The molecule has 1 amide bonds. The second kappa shape index (κ2) is 12.0. The van der Waals surface area contributed by atoms with Gasteiger partial charge in [-0.15, -0.1) is 0 Å². The number of rotatable bonds is 9. The Hall–Kier alpha value is -2.09. The Morgan fingerprint density at radius 3 is 2.67 bits per heavy atom. The van der Waals surface area contributed by atoms with E-state index in [-0.39, 0.29) is 11.3 Å². The van der Waals surface area contributed by atoms with E-state index in [0.717, 1.165) is 88.0 Å². The number of halogens is 1. The molecule has 198 valence electrons. The largest absolute Gasteiger partial charge is 0.493 e. The predicted octanol–water partition coefficient (Wildman–Crippen LogP) is 4.39. The SMILES string of the molecule is CCCn1ncc(CN2CCC[C@](COc3ccc(Cl)c(C)c3)(CC(=O)N3CCN(C)CC3)C2)c1C. The minimum atomic E-state index is -0.223. The lowest BCUT2D eigenvalue weighted by Crippen LogP contribution is -2.52. The van der Waals surface area contributed by atoms with Crippen molar-refractivity contribution in [3.63, 3.8) is 0 Å². The van der Waals surface area contributed by atoms with E-state index in [4.69, 9.17) is 16.3 Å². The normalized spacial score (nSPS) is 21.6. The van der Waals surface area contributed by atoms with Crippen molar-refractivity contribution < 1.29 is 9.53 Å². The van der Waals surface area contributed by atoms with Crippen LogP contribution < -0.4 is 4.74 Å². The molecule has 3 heterocycles. The molecule has 0 spiro atoms. The van der Waals surface area contributed by atoms with Crippen molar-refractivity contribution in [2.24, 2.45) is 5.41 Å². The summed E-state index contributed by atoms with van der Waals surface area (Å²) in [4.78, 5) is 20.3. The summed E-state index contributed by atoms with van der Waals surface area (Å²) < 4.78 is 8.47. The van der Waals surface area contributed by atoms with Crippen LogP contribution in [0.5, 0.6) is 5.75 Å². The van der Waals surface area contributed by atoms with Crippen LogP contribution in [0.4, 0.5) is 0 Å². The number of aryl methyl sites for hydroxylation is 2.